The Bertz CT molecular complexity index is 750. The summed E-state index contributed by atoms with van der Waals surface area (Å²) >= 11 is 0. The lowest BCUT2D eigenvalue weighted by molar-refractivity contribution is -0.143. The molecule has 1 aliphatic carbocycles. The quantitative estimate of drug-likeness (QED) is 0.586. The summed E-state index contributed by atoms with van der Waals surface area (Å²) in [6, 6.07) is -4.19. The molecular weight excluding hydrogens is 411 g/mol. The molecule has 0 fully saturated rings. The van der Waals surface area contributed by atoms with Gasteiger partial charge in [-0.2, -0.15) is 41.3 Å². The van der Waals surface area contributed by atoms with Gasteiger partial charge < -0.3 is 15.7 Å². The highest BCUT2D eigenvalue weighted by atomic mass is 19.4. The molecule has 1 aromatic heterocycles. The van der Waals surface area contributed by atoms with Crippen LogP contribution in [0.1, 0.15) is 45.4 Å². The monoisotopic (exact) mass is 431 g/mol. The number of aromatic nitrogens is 3. The van der Waals surface area contributed by atoms with Crippen LogP contribution in [0.15, 0.2) is 5.83 Å². The minimum atomic E-state index is -4.68. The smallest absolute Gasteiger partial charge is 0.386 e. The van der Waals surface area contributed by atoms with Gasteiger partial charge in [0.15, 0.2) is 5.82 Å². The normalized spacial score (nSPS) is 20.4. The van der Waals surface area contributed by atoms with Crippen molar-refractivity contribution in [2.75, 3.05) is 10.6 Å². The molecule has 0 aromatic carbocycles. The third-order valence-corrected chi connectivity index (χ3v) is 4.33. The Morgan fingerprint density at radius 1 is 1.03 bits per heavy atom. The van der Waals surface area contributed by atoms with Crippen LogP contribution in [0.4, 0.5) is 42.6 Å². The molecule has 1 aromatic rings. The first-order valence-corrected chi connectivity index (χ1v) is 8.82. The van der Waals surface area contributed by atoms with Crippen LogP contribution in [0, 0.1) is 0 Å². The van der Waals surface area contributed by atoms with E-state index >= 15 is 0 Å². The number of anilines is 2. The molecular formula is C16H20F7N5O. The number of alkyl halides is 6. The molecule has 1 unspecified atom stereocenters. The summed E-state index contributed by atoms with van der Waals surface area (Å²) in [4.78, 5) is 11.1. The maximum Gasteiger partial charge on any atom is 0.408 e. The average molecular weight is 431 g/mol. The van der Waals surface area contributed by atoms with Gasteiger partial charge in [0.2, 0.25) is 11.9 Å². The van der Waals surface area contributed by atoms with Gasteiger partial charge in [-0.05, 0) is 32.6 Å². The van der Waals surface area contributed by atoms with Gasteiger partial charge >= 0.3 is 12.4 Å². The number of aliphatic hydroxyl groups is 1. The molecule has 0 bridgehead atoms. The van der Waals surface area contributed by atoms with E-state index in [1.54, 1.807) is 0 Å². The highest BCUT2D eigenvalue weighted by Crippen LogP contribution is 2.33. The molecule has 0 aliphatic heterocycles. The van der Waals surface area contributed by atoms with Crippen molar-refractivity contribution in [3.8, 4) is 0 Å². The molecule has 13 heteroatoms. The molecule has 0 amide bonds. The second-order valence-corrected chi connectivity index (χ2v) is 6.60. The molecule has 164 valence electrons. The van der Waals surface area contributed by atoms with Gasteiger partial charge in [0.1, 0.15) is 24.0 Å². The van der Waals surface area contributed by atoms with Gasteiger partial charge in [0, 0.05) is 5.57 Å². The number of aliphatic hydroxyl groups excluding tert-OH is 1. The average Bonchev–Trinajstić information content (AvgIpc) is 2.60. The number of rotatable bonds is 6. The minimum absolute atomic E-state index is 0.0666. The first-order chi connectivity index (χ1) is 13.3. The molecule has 0 spiro atoms. The van der Waals surface area contributed by atoms with E-state index in [0.29, 0.717) is 6.42 Å². The van der Waals surface area contributed by atoms with Crippen molar-refractivity contribution in [1.82, 2.24) is 15.0 Å². The van der Waals surface area contributed by atoms with E-state index in [1.807, 2.05) is 10.6 Å². The standard InChI is InChI=1S/C16H20F7N5O/c1-3-10(16(21,22)23)25-14-27-12(8-5-4-6-9(29)11(8)17)26-13(28-14)24-7(2)15(18,19)20/h7,9-10,29H,3-6H2,1-2H3,(H2,24,25,26,27,28)/t7-,9?,10+/m0/s1. The maximum atomic E-state index is 14.3. The van der Waals surface area contributed by atoms with Gasteiger partial charge in [0.05, 0.1) is 0 Å². The summed E-state index contributed by atoms with van der Waals surface area (Å²) in [6.45, 7) is 2.02. The maximum absolute atomic E-state index is 14.3. The third kappa shape index (κ3) is 5.90. The molecule has 1 heterocycles. The van der Waals surface area contributed by atoms with Crippen LogP contribution >= 0.6 is 0 Å². The second-order valence-electron chi connectivity index (χ2n) is 6.60. The van der Waals surface area contributed by atoms with Crippen LogP contribution in [0.3, 0.4) is 0 Å². The minimum Gasteiger partial charge on any atom is -0.386 e. The van der Waals surface area contributed by atoms with Crippen molar-refractivity contribution in [1.29, 1.82) is 0 Å². The fraction of sp³-hybridized carbons (Fsp3) is 0.688. The van der Waals surface area contributed by atoms with Gasteiger partial charge in [-0.3, -0.25) is 0 Å². The van der Waals surface area contributed by atoms with Crippen LogP contribution in [-0.4, -0.2) is 50.6 Å². The topological polar surface area (TPSA) is 83.0 Å². The summed E-state index contributed by atoms with van der Waals surface area (Å²) < 4.78 is 91.9. The molecule has 1 aliphatic rings. The summed E-state index contributed by atoms with van der Waals surface area (Å²) in [5.74, 6) is -2.73. The number of allylic oxidation sites excluding steroid dienone is 1. The lowest BCUT2D eigenvalue weighted by Gasteiger charge is -2.23. The lowest BCUT2D eigenvalue weighted by Crippen LogP contribution is -2.37. The van der Waals surface area contributed by atoms with Gasteiger partial charge in [-0.1, -0.05) is 6.92 Å². The molecule has 0 saturated carbocycles. The van der Waals surface area contributed by atoms with Gasteiger partial charge in [-0.25, -0.2) is 4.39 Å². The number of hydrogen-bond acceptors (Lipinski definition) is 6. The number of hydrogen-bond donors (Lipinski definition) is 3. The Balaban J connectivity index is 2.47. The Labute approximate surface area is 161 Å². The van der Waals surface area contributed by atoms with Crippen molar-refractivity contribution in [3.63, 3.8) is 0 Å². The Morgan fingerprint density at radius 3 is 2.14 bits per heavy atom. The zero-order valence-electron chi connectivity index (χ0n) is 15.5. The molecule has 2 rings (SSSR count). The second kappa shape index (κ2) is 8.67. The fourth-order valence-electron chi connectivity index (χ4n) is 2.62. The van der Waals surface area contributed by atoms with Crippen LogP contribution in [-0.2, 0) is 0 Å². The van der Waals surface area contributed by atoms with E-state index in [1.165, 1.54) is 6.92 Å². The molecule has 3 N–H and O–H groups in total. The van der Waals surface area contributed by atoms with E-state index < -0.39 is 60.5 Å². The lowest BCUT2D eigenvalue weighted by atomic mass is 9.96. The van der Waals surface area contributed by atoms with E-state index in [4.69, 9.17) is 0 Å². The Kier molecular flexibility index (Phi) is 6.91. The first-order valence-electron chi connectivity index (χ1n) is 8.82. The summed E-state index contributed by atoms with van der Waals surface area (Å²) in [6.07, 6.45) is -10.6. The first kappa shape index (κ1) is 23.1. The van der Waals surface area contributed by atoms with E-state index in [-0.39, 0.29) is 18.4 Å². The molecule has 29 heavy (non-hydrogen) atoms. The van der Waals surface area contributed by atoms with Crippen LogP contribution in [0.25, 0.3) is 5.57 Å². The van der Waals surface area contributed by atoms with Crippen molar-refractivity contribution < 1.29 is 35.8 Å². The largest absolute Gasteiger partial charge is 0.408 e. The summed E-state index contributed by atoms with van der Waals surface area (Å²) in [5.41, 5.74) is -0.183. The summed E-state index contributed by atoms with van der Waals surface area (Å²) in [5, 5.41) is 13.6. The third-order valence-electron chi connectivity index (χ3n) is 4.33. The van der Waals surface area contributed by atoms with E-state index in [9.17, 15) is 35.8 Å². The zero-order valence-corrected chi connectivity index (χ0v) is 15.5. The highest BCUT2D eigenvalue weighted by Gasteiger charge is 2.39. The number of halogens is 7. The van der Waals surface area contributed by atoms with Crippen molar-refractivity contribution >= 4 is 17.5 Å². The van der Waals surface area contributed by atoms with E-state index in [0.717, 1.165) is 6.92 Å². The van der Waals surface area contributed by atoms with Gasteiger partial charge in [-0.15, -0.1) is 0 Å². The predicted octanol–water partition coefficient (Wildman–Crippen LogP) is 4.21. The zero-order chi connectivity index (χ0) is 22.0. The van der Waals surface area contributed by atoms with Crippen LogP contribution < -0.4 is 10.6 Å². The SMILES string of the molecule is CC[C@@H](Nc1nc(N[C@@H](C)C(F)(F)F)nc(C2=C(F)C(O)CCC2)n1)C(F)(F)F. The van der Waals surface area contributed by atoms with E-state index in [2.05, 4.69) is 15.0 Å². The summed E-state index contributed by atoms with van der Waals surface area (Å²) in [7, 11) is 0. The number of nitrogens with zero attached hydrogens (tertiary/aromatic N) is 3. The molecule has 0 saturated heterocycles. The number of nitrogens with one attached hydrogen (secondary N) is 2. The van der Waals surface area contributed by atoms with Gasteiger partial charge in [0.25, 0.3) is 0 Å². The molecule has 6 nitrogen and oxygen atoms in total. The predicted molar refractivity (Wildman–Crippen MR) is 90.6 cm³/mol. The Morgan fingerprint density at radius 2 is 1.62 bits per heavy atom. The van der Waals surface area contributed by atoms with Crippen LogP contribution in [0.5, 0.6) is 0 Å². The van der Waals surface area contributed by atoms with Crippen molar-refractivity contribution in [2.45, 2.75) is 70.1 Å². The molecule has 0 radical (unpaired) electrons. The van der Waals surface area contributed by atoms with Crippen LogP contribution in [0.2, 0.25) is 0 Å². The Hall–Kier alpha value is -2.18. The molecule has 3 atom stereocenters. The van der Waals surface area contributed by atoms with Crippen molar-refractivity contribution in [3.05, 3.63) is 11.7 Å². The van der Waals surface area contributed by atoms with Crippen molar-refractivity contribution in [2.24, 2.45) is 0 Å². The fourth-order valence-corrected chi connectivity index (χ4v) is 2.62. The highest BCUT2D eigenvalue weighted by molar-refractivity contribution is 5.65.